The van der Waals surface area contributed by atoms with Gasteiger partial charge in [-0.25, -0.2) is 9.13 Å². The van der Waals surface area contributed by atoms with E-state index in [1.54, 1.807) is 0 Å². The van der Waals surface area contributed by atoms with Crippen LogP contribution in [0.15, 0.2) is 60.8 Å². The molecule has 572 valence electrons. The topological polar surface area (TPSA) is 237 Å². The minimum atomic E-state index is -4.97. The van der Waals surface area contributed by atoms with Gasteiger partial charge in [0.05, 0.1) is 26.4 Å². The predicted octanol–water partition coefficient (Wildman–Crippen LogP) is 22.7. The van der Waals surface area contributed by atoms with Gasteiger partial charge in [0.15, 0.2) is 12.2 Å². The summed E-state index contributed by atoms with van der Waals surface area (Å²) in [5.41, 5.74) is 0. The summed E-state index contributed by atoms with van der Waals surface area (Å²) in [5.74, 6) is -2.19. The normalized spacial score (nSPS) is 14.2. The Kier molecular flexibility index (Phi) is 69.7. The van der Waals surface area contributed by atoms with E-state index < -0.39 is 97.5 Å². The minimum absolute atomic E-state index is 0.0803. The first-order chi connectivity index (χ1) is 47.7. The molecule has 0 saturated carbocycles. The van der Waals surface area contributed by atoms with Gasteiger partial charge >= 0.3 is 39.5 Å². The average molecular weight is 1430 g/mol. The molecule has 19 heteroatoms. The quantitative estimate of drug-likeness (QED) is 0.0169. The molecule has 0 heterocycles. The number of ether oxygens (including phenoxy) is 4. The molecule has 17 nitrogen and oxygen atoms in total. The van der Waals surface area contributed by atoms with Crippen LogP contribution in [0.25, 0.3) is 0 Å². The van der Waals surface area contributed by atoms with Crippen LogP contribution in [-0.2, 0) is 65.4 Å². The molecule has 0 aliphatic rings. The van der Waals surface area contributed by atoms with E-state index in [1.807, 2.05) is 0 Å². The van der Waals surface area contributed by atoms with Crippen LogP contribution in [0.3, 0.4) is 0 Å². The number of carbonyl (C=O) groups excluding carboxylic acids is 4. The van der Waals surface area contributed by atoms with Crippen LogP contribution in [0.4, 0.5) is 0 Å². The summed E-state index contributed by atoms with van der Waals surface area (Å²) in [7, 11) is -9.95. The van der Waals surface area contributed by atoms with Gasteiger partial charge in [0.2, 0.25) is 0 Å². The Bertz CT molecular complexity index is 2100. The molecule has 0 amide bonds. The molecular formula is C79H144O17P2. The fourth-order valence-electron chi connectivity index (χ4n) is 10.8. The Balaban J connectivity index is 5.34. The Morgan fingerprint density at radius 3 is 0.806 bits per heavy atom. The standard InChI is InChI=1S/C79H144O17P2/c1-5-9-13-17-21-25-29-33-36-40-43-47-51-55-59-63-76(81)89-69-74(95-78(83)65-61-57-53-49-45-39-32-28-24-20-16-12-8-4)71-93-97(85,86)91-67-73(80)68-92-98(87,88)94-72-75(96-79(84)66-62-58-54-50-46-42-38-35-31-27-23-19-15-11-7-3)70-90-77(82)64-60-56-52-48-44-41-37-34-30-26-22-18-14-10-6-2/h16,20,28,32-38,73-75,80H,5-15,17-19,21-27,29-31,39-72H2,1-4H3,(H,85,86)(H,87,88)/b20-16-,32-28-,36-33-,37-34-,38-35-. The number of phosphoric acid groups is 2. The highest BCUT2D eigenvalue weighted by Gasteiger charge is 2.30. The zero-order valence-corrected chi connectivity index (χ0v) is 64.3. The summed E-state index contributed by atoms with van der Waals surface area (Å²) < 4.78 is 68.5. The lowest BCUT2D eigenvalue weighted by molar-refractivity contribution is -0.161. The molecule has 5 unspecified atom stereocenters. The summed E-state index contributed by atoms with van der Waals surface area (Å²) in [6.07, 6.45) is 70.6. The summed E-state index contributed by atoms with van der Waals surface area (Å²) >= 11 is 0. The van der Waals surface area contributed by atoms with E-state index in [1.165, 1.54) is 116 Å². The third kappa shape index (κ3) is 71.2. The van der Waals surface area contributed by atoms with Crippen molar-refractivity contribution in [1.29, 1.82) is 0 Å². The number of esters is 4. The number of carbonyl (C=O) groups is 4. The number of phosphoric ester groups is 2. The highest BCUT2D eigenvalue weighted by Crippen LogP contribution is 2.45. The fourth-order valence-corrected chi connectivity index (χ4v) is 12.4. The number of rotatable bonds is 75. The van der Waals surface area contributed by atoms with Gasteiger partial charge in [-0.1, -0.05) is 268 Å². The monoisotopic (exact) mass is 1430 g/mol. The molecule has 98 heavy (non-hydrogen) atoms. The molecule has 0 aromatic rings. The van der Waals surface area contributed by atoms with Crippen LogP contribution in [0.5, 0.6) is 0 Å². The zero-order chi connectivity index (χ0) is 71.8. The van der Waals surface area contributed by atoms with E-state index in [4.69, 9.17) is 37.0 Å². The van der Waals surface area contributed by atoms with Crippen molar-refractivity contribution < 1.29 is 80.2 Å². The first kappa shape index (κ1) is 94.8. The molecule has 0 aliphatic heterocycles. The van der Waals surface area contributed by atoms with E-state index in [9.17, 15) is 43.2 Å². The van der Waals surface area contributed by atoms with Crippen LogP contribution in [0.2, 0.25) is 0 Å². The van der Waals surface area contributed by atoms with Crippen molar-refractivity contribution in [2.24, 2.45) is 0 Å². The Hall–Kier alpha value is -3.24. The highest BCUT2D eigenvalue weighted by molar-refractivity contribution is 7.47. The molecule has 0 radical (unpaired) electrons. The van der Waals surface area contributed by atoms with Gasteiger partial charge < -0.3 is 33.8 Å². The van der Waals surface area contributed by atoms with Crippen molar-refractivity contribution in [2.75, 3.05) is 39.6 Å². The van der Waals surface area contributed by atoms with E-state index in [2.05, 4.69) is 88.5 Å². The largest absolute Gasteiger partial charge is 0.472 e. The maximum atomic E-state index is 13.1. The van der Waals surface area contributed by atoms with Crippen molar-refractivity contribution in [2.45, 2.75) is 380 Å². The molecule has 0 fully saturated rings. The second kappa shape index (κ2) is 72.1. The summed E-state index contributed by atoms with van der Waals surface area (Å²) in [6, 6.07) is 0. The van der Waals surface area contributed by atoms with Gasteiger partial charge in [-0.3, -0.25) is 37.3 Å². The fraction of sp³-hybridized carbons (Fsp3) is 0.823. The lowest BCUT2D eigenvalue weighted by atomic mass is 10.1. The highest BCUT2D eigenvalue weighted by atomic mass is 31.2. The molecule has 0 saturated heterocycles. The number of hydrogen-bond donors (Lipinski definition) is 3. The van der Waals surface area contributed by atoms with Gasteiger partial charge in [-0.05, 0) is 128 Å². The number of unbranched alkanes of at least 4 members (excludes halogenated alkanes) is 39. The summed E-state index contributed by atoms with van der Waals surface area (Å²) in [4.78, 5) is 72.9. The van der Waals surface area contributed by atoms with Gasteiger partial charge in [-0.15, -0.1) is 0 Å². The van der Waals surface area contributed by atoms with Crippen molar-refractivity contribution in [3.8, 4) is 0 Å². The molecule has 0 aliphatic carbocycles. The van der Waals surface area contributed by atoms with Crippen molar-refractivity contribution in [3.63, 3.8) is 0 Å². The van der Waals surface area contributed by atoms with Crippen molar-refractivity contribution in [3.05, 3.63) is 60.8 Å². The SMILES string of the molecule is CCC/C=C\C/C=C\CCCCCCCC(=O)OC(COC(=O)CCCCCCC/C=C\CCCCCCCC)COP(=O)(O)OCC(O)COP(=O)(O)OCC(COC(=O)CCCCCCC/C=C\CCCCCCCC)OC(=O)CCCCCCC/C=C\CCCCCCCC. The zero-order valence-electron chi connectivity index (χ0n) is 62.5. The number of allylic oxidation sites excluding steroid dienone is 10. The molecule has 0 bridgehead atoms. The Morgan fingerprint density at radius 2 is 0.520 bits per heavy atom. The van der Waals surface area contributed by atoms with Crippen molar-refractivity contribution in [1.82, 2.24) is 0 Å². The molecule has 0 spiro atoms. The summed E-state index contributed by atoms with van der Waals surface area (Å²) in [5, 5.41) is 10.6. The van der Waals surface area contributed by atoms with Crippen molar-refractivity contribution >= 4 is 39.5 Å². The molecule has 0 aromatic heterocycles. The molecule has 0 rings (SSSR count). The van der Waals surface area contributed by atoms with Gasteiger partial charge in [0.25, 0.3) is 0 Å². The van der Waals surface area contributed by atoms with Gasteiger partial charge in [0.1, 0.15) is 19.3 Å². The average Bonchev–Trinajstić information content (AvgIpc) is 1.07. The lowest BCUT2D eigenvalue weighted by Gasteiger charge is -2.21. The van der Waals surface area contributed by atoms with E-state index in [-0.39, 0.29) is 25.7 Å². The van der Waals surface area contributed by atoms with E-state index in [0.29, 0.717) is 25.7 Å². The third-order valence-corrected chi connectivity index (χ3v) is 18.8. The smallest absolute Gasteiger partial charge is 0.462 e. The van der Waals surface area contributed by atoms with Gasteiger partial charge in [-0.2, -0.15) is 0 Å². The Labute approximate surface area is 597 Å². The van der Waals surface area contributed by atoms with Crippen LogP contribution in [-0.4, -0.2) is 96.7 Å². The van der Waals surface area contributed by atoms with E-state index >= 15 is 0 Å². The minimum Gasteiger partial charge on any atom is -0.462 e. The van der Waals surface area contributed by atoms with Crippen LogP contribution in [0, 0.1) is 0 Å². The number of aliphatic hydroxyl groups is 1. The number of hydrogen-bond acceptors (Lipinski definition) is 15. The Morgan fingerprint density at radius 1 is 0.286 bits per heavy atom. The second-order valence-electron chi connectivity index (χ2n) is 26.6. The maximum Gasteiger partial charge on any atom is 0.472 e. The third-order valence-electron chi connectivity index (χ3n) is 16.9. The lowest BCUT2D eigenvalue weighted by Crippen LogP contribution is -2.30. The van der Waals surface area contributed by atoms with E-state index in [0.717, 1.165) is 167 Å². The first-order valence-corrected chi connectivity index (χ1v) is 42.5. The molecule has 5 atom stereocenters. The maximum absolute atomic E-state index is 13.1. The van der Waals surface area contributed by atoms with Gasteiger partial charge in [0, 0.05) is 25.7 Å². The first-order valence-electron chi connectivity index (χ1n) is 39.5. The molecule has 3 N–H and O–H groups in total. The number of aliphatic hydroxyl groups excluding tert-OH is 1. The second-order valence-corrected chi connectivity index (χ2v) is 29.5. The predicted molar refractivity (Wildman–Crippen MR) is 400 cm³/mol. The van der Waals surface area contributed by atoms with Crippen LogP contribution >= 0.6 is 15.6 Å². The van der Waals surface area contributed by atoms with Crippen LogP contribution in [0.1, 0.15) is 362 Å². The van der Waals surface area contributed by atoms with Crippen LogP contribution < -0.4 is 0 Å². The molecule has 0 aromatic carbocycles. The molecular weight excluding hydrogens is 1280 g/mol. The summed E-state index contributed by atoms with van der Waals surface area (Å²) in [6.45, 7) is 4.81.